The summed E-state index contributed by atoms with van der Waals surface area (Å²) in [7, 11) is 0. The smallest absolute Gasteiger partial charge is 0.351 e. The minimum Gasteiger partial charge on any atom is -0.351 e. The highest BCUT2D eigenvalue weighted by molar-refractivity contribution is 5.83. The molecule has 17 heavy (non-hydrogen) atoms. The lowest BCUT2D eigenvalue weighted by Crippen LogP contribution is -2.45. The molecule has 0 unspecified atom stereocenters. The Hall–Kier alpha value is -1.60. The van der Waals surface area contributed by atoms with E-state index in [1.807, 2.05) is 0 Å². The first-order valence-corrected chi connectivity index (χ1v) is 4.86. The lowest BCUT2D eigenvalue weighted by atomic mass is 10.3. The molecule has 0 fully saturated rings. The summed E-state index contributed by atoms with van der Waals surface area (Å²) in [4.78, 5) is 10.7. The van der Waals surface area contributed by atoms with E-state index in [2.05, 4.69) is 5.10 Å². The summed E-state index contributed by atoms with van der Waals surface area (Å²) >= 11 is 0. The maximum Gasteiger partial charge on any atom is 0.383 e. The Balaban J connectivity index is 2.25. The van der Waals surface area contributed by atoms with E-state index in [4.69, 9.17) is 0 Å². The molecule has 0 aliphatic carbocycles. The molecule has 0 aromatic carbocycles. The van der Waals surface area contributed by atoms with Crippen molar-refractivity contribution in [3.05, 3.63) is 18.5 Å². The van der Waals surface area contributed by atoms with Crippen molar-refractivity contribution in [2.75, 3.05) is 6.54 Å². The Kier molecular flexibility index (Phi) is 4.47. The molecule has 8 heteroatoms. The number of alkyl halides is 4. The number of hydrogen-bond donors (Lipinski definition) is 1. The van der Waals surface area contributed by atoms with Gasteiger partial charge in [0.15, 0.2) is 0 Å². The normalized spacial score (nSPS) is 11.8. The second-order valence-corrected chi connectivity index (χ2v) is 3.30. The van der Waals surface area contributed by atoms with Crippen molar-refractivity contribution >= 4 is 5.91 Å². The molecule has 4 nitrogen and oxygen atoms in total. The van der Waals surface area contributed by atoms with Gasteiger partial charge < -0.3 is 5.32 Å². The number of carbonyl (C=O) groups excluding carboxylic acids is 1. The Labute approximate surface area is 94.6 Å². The second-order valence-electron chi connectivity index (χ2n) is 3.30. The highest BCUT2D eigenvalue weighted by Crippen LogP contribution is 2.22. The zero-order valence-corrected chi connectivity index (χ0v) is 8.75. The van der Waals surface area contributed by atoms with Crippen LogP contribution in [-0.2, 0) is 11.3 Å². The van der Waals surface area contributed by atoms with Crippen molar-refractivity contribution in [1.29, 1.82) is 0 Å². The van der Waals surface area contributed by atoms with E-state index in [-0.39, 0.29) is 6.54 Å². The third-order valence-electron chi connectivity index (χ3n) is 1.99. The maximum absolute atomic E-state index is 12.5. The summed E-state index contributed by atoms with van der Waals surface area (Å²) in [5.74, 6) is -6.58. The van der Waals surface area contributed by atoms with Gasteiger partial charge in [0.2, 0.25) is 0 Å². The number of halogens is 4. The second kappa shape index (κ2) is 5.65. The first-order chi connectivity index (χ1) is 7.94. The van der Waals surface area contributed by atoms with Crippen LogP contribution in [0.1, 0.15) is 6.42 Å². The molecule has 0 aliphatic heterocycles. The highest BCUT2D eigenvalue weighted by Gasteiger charge is 2.48. The number of hydrogen-bond acceptors (Lipinski definition) is 2. The Morgan fingerprint density at radius 1 is 1.47 bits per heavy atom. The van der Waals surface area contributed by atoms with Crippen molar-refractivity contribution in [2.24, 2.45) is 0 Å². The fraction of sp³-hybridized carbons (Fsp3) is 0.556. The van der Waals surface area contributed by atoms with E-state index in [0.717, 1.165) is 0 Å². The fourth-order valence-electron chi connectivity index (χ4n) is 1.09. The zero-order valence-electron chi connectivity index (χ0n) is 8.75. The molecule has 1 aromatic heterocycles. The van der Waals surface area contributed by atoms with Crippen LogP contribution < -0.4 is 5.32 Å². The molecule has 1 heterocycles. The summed E-state index contributed by atoms with van der Waals surface area (Å²) in [5, 5.41) is 5.60. The average molecular weight is 253 g/mol. The summed E-state index contributed by atoms with van der Waals surface area (Å²) in [6, 6.07) is 1.68. The van der Waals surface area contributed by atoms with Gasteiger partial charge in [0, 0.05) is 25.5 Å². The molecule has 0 saturated heterocycles. The van der Waals surface area contributed by atoms with Crippen LogP contribution in [0.2, 0.25) is 0 Å². The molecule has 0 atom stereocenters. The third kappa shape index (κ3) is 3.72. The predicted octanol–water partition coefficient (Wildman–Crippen LogP) is 1.29. The molecule has 1 amide bonds. The molecule has 1 N–H and O–H groups in total. The van der Waals surface area contributed by atoms with Crippen molar-refractivity contribution in [3.63, 3.8) is 0 Å². The Morgan fingerprint density at radius 2 is 2.18 bits per heavy atom. The van der Waals surface area contributed by atoms with Crippen LogP contribution in [0.3, 0.4) is 0 Å². The van der Waals surface area contributed by atoms with E-state index >= 15 is 0 Å². The topological polar surface area (TPSA) is 46.9 Å². The molecule has 96 valence electrons. The number of aromatic nitrogens is 2. The number of amides is 1. The predicted molar refractivity (Wildman–Crippen MR) is 50.8 cm³/mol. The van der Waals surface area contributed by atoms with Crippen LogP contribution in [0.4, 0.5) is 17.6 Å². The first-order valence-electron chi connectivity index (χ1n) is 4.86. The molecule has 0 bridgehead atoms. The fourth-order valence-corrected chi connectivity index (χ4v) is 1.09. The molecule has 0 saturated carbocycles. The molecule has 1 rings (SSSR count). The summed E-state index contributed by atoms with van der Waals surface area (Å²) in [5.41, 5.74) is 0. The Bertz CT molecular complexity index is 353. The average Bonchev–Trinajstić information content (AvgIpc) is 2.76. The molecular formula is C9H11F4N3O. The summed E-state index contributed by atoms with van der Waals surface area (Å²) < 4.78 is 50.0. The minimum atomic E-state index is -4.63. The van der Waals surface area contributed by atoms with Crippen LogP contribution in [0.15, 0.2) is 18.5 Å². The van der Waals surface area contributed by atoms with Gasteiger partial charge in [0.1, 0.15) is 0 Å². The van der Waals surface area contributed by atoms with E-state index in [0.29, 0.717) is 13.0 Å². The van der Waals surface area contributed by atoms with Gasteiger partial charge in [-0.05, 0) is 12.5 Å². The van der Waals surface area contributed by atoms with E-state index in [1.54, 1.807) is 23.8 Å². The van der Waals surface area contributed by atoms with Crippen LogP contribution in [0, 0.1) is 0 Å². The van der Waals surface area contributed by atoms with Crippen LogP contribution >= 0.6 is 0 Å². The van der Waals surface area contributed by atoms with Gasteiger partial charge in [0.25, 0.3) is 5.91 Å². The first kappa shape index (κ1) is 13.5. The number of nitrogens with zero attached hydrogens (tertiary/aromatic N) is 2. The minimum absolute atomic E-state index is 0.110. The van der Waals surface area contributed by atoms with E-state index < -0.39 is 18.3 Å². The standard InChI is InChI=1S/C9H11F4N3O/c10-7(11)9(12,13)8(17)14-3-1-5-16-6-2-4-15-16/h2,4,6-7H,1,3,5H2,(H,14,17). The monoisotopic (exact) mass is 253 g/mol. The van der Waals surface area contributed by atoms with Crippen LogP contribution in [0.25, 0.3) is 0 Å². The summed E-state index contributed by atoms with van der Waals surface area (Å²) in [6.45, 7) is 0.300. The van der Waals surface area contributed by atoms with Crippen molar-refractivity contribution < 1.29 is 22.4 Å². The lowest BCUT2D eigenvalue weighted by molar-refractivity contribution is -0.169. The van der Waals surface area contributed by atoms with Crippen LogP contribution in [0.5, 0.6) is 0 Å². The van der Waals surface area contributed by atoms with Gasteiger partial charge in [-0.15, -0.1) is 0 Å². The largest absolute Gasteiger partial charge is 0.383 e. The molecule has 0 radical (unpaired) electrons. The van der Waals surface area contributed by atoms with Crippen molar-refractivity contribution in [3.8, 4) is 0 Å². The molecule has 0 aliphatic rings. The molecule has 1 aromatic rings. The quantitative estimate of drug-likeness (QED) is 0.613. The number of nitrogens with one attached hydrogen (secondary N) is 1. The van der Waals surface area contributed by atoms with Gasteiger partial charge in [-0.25, -0.2) is 8.78 Å². The maximum atomic E-state index is 12.5. The highest BCUT2D eigenvalue weighted by atomic mass is 19.3. The Morgan fingerprint density at radius 3 is 2.71 bits per heavy atom. The summed E-state index contributed by atoms with van der Waals surface area (Å²) in [6.07, 6.45) is -0.458. The van der Waals surface area contributed by atoms with Gasteiger partial charge in [0.05, 0.1) is 0 Å². The van der Waals surface area contributed by atoms with Gasteiger partial charge in [-0.1, -0.05) is 0 Å². The van der Waals surface area contributed by atoms with Gasteiger partial charge >= 0.3 is 12.3 Å². The van der Waals surface area contributed by atoms with E-state index in [1.165, 1.54) is 4.68 Å². The number of aryl methyl sites for hydroxylation is 1. The van der Waals surface area contributed by atoms with Gasteiger partial charge in [-0.3, -0.25) is 9.48 Å². The number of rotatable bonds is 6. The van der Waals surface area contributed by atoms with Gasteiger partial charge in [-0.2, -0.15) is 13.9 Å². The zero-order chi connectivity index (χ0) is 12.9. The van der Waals surface area contributed by atoms with Crippen molar-refractivity contribution in [2.45, 2.75) is 25.3 Å². The molecular weight excluding hydrogens is 242 g/mol. The SMILES string of the molecule is O=C(NCCCn1cccn1)C(F)(F)C(F)F. The van der Waals surface area contributed by atoms with E-state index in [9.17, 15) is 22.4 Å². The van der Waals surface area contributed by atoms with Crippen LogP contribution in [-0.4, -0.2) is 34.6 Å². The number of carbonyl (C=O) groups is 1. The third-order valence-corrected chi connectivity index (χ3v) is 1.99. The van der Waals surface area contributed by atoms with Crippen molar-refractivity contribution in [1.82, 2.24) is 15.1 Å². The molecule has 0 spiro atoms. The lowest BCUT2D eigenvalue weighted by Gasteiger charge is -2.14.